The van der Waals surface area contributed by atoms with E-state index >= 15 is 0 Å². The Morgan fingerprint density at radius 1 is 1.13 bits per heavy atom. The molecule has 1 heterocycles. The van der Waals surface area contributed by atoms with Crippen LogP contribution in [0.2, 0.25) is 5.02 Å². The van der Waals surface area contributed by atoms with Crippen molar-refractivity contribution < 1.29 is 18.9 Å². The summed E-state index contributed by atoms with van der Waals surface area (Å²) in [5.74, 6) is -0.387. The van der Waals surface area contributed by atoms with Gasteiger partial charge in [0, 0.05) is 12.1 Å². The van der Waals surface area contributed by atoms with Crippen LogP contribution >= 0.6 is 11.6 Å². The average Bonchev–Trinajstić information content (AvgIpc) is 2.83. The van der Waals surface area contributed by atoms with Crippen molar-refractivity contribution in [3.05, 3.63) is 62.0 Å². The van der Waals surface area contributed by atoms with E-state index in [1.54, 1.807) is 13.8 Å². The highest BCUT2D eigenvalue weighted by atomic mass is 35.5. The minimum atomic E-state index is -0.773. The van der Waals surface area contributed by atoms with Crippen LogP contribution in [-0.4, -0.2) is 16.7 Å². The molecule has 2 aromatic rings. The second kappa shape index (κ2) is 6.49. The minimum absolute atomic E-state index is 0.0256. The number of non-ortho nitro benzene ring substituents is 1. The Morgan fingerprint density at radius 2 is 1.74 bits per heavy atom. The summed E-state index contributed by atoms with van der Waals surface area (Å²) in [6, 6.07) is 4.96. The number of hydrazine groups is 1. The van der Waals surface area contributed by atoms with E-state index in [0.29, 0.717) is 11.5 Å². The van der Waals surface area contributed by atoms with Gasteiger partial charge in [0.2, 0.25) is 0 Å². The van der Waals surface area contributed by atoms with Crippen LogP contribution in [0.4, 0.5) is 5.69 Å². The normalized spacial score (nSPS) is 10.2. The standard InChI is InChI=1S/C14H12ClN3O5/c1-7-5-10(8(2)23-7)13(19)16-17-14(20)11-6-9(18(21)22)3-4-12(11)15/h3-6H,1-2H3,(H,16,19)(H,17,20). The molecule has 0 saturated heterocycles. The molecule has 2 rings (SSSR count). The van der Waals surface area contributed by atoms with Gasteiger partial charge >= 0.3 is 0 Å². The molecular formula is C14H12ClN3O5. The number of nitro groups is 1. The molecule has 0 bridgehead atoms. The first-order chi connectivity index (χ1) is 10.8. The molecule has 2 N–H and O–H groups in total. The predicted octanol–water partition coefficient (Wildman–Crippen LogP) is 2.53. The van der Waals surface area contributed by atoms with Gasteiger partial charge in [0.15, 0.2) is 0 Å². The SMILES string of the molecule is Cc1cc(C(=O)NNC(=O)c2cc([N+](=O)[O-])ccc2Cl)c(C)o1. The van der Waals surface area contributed by atoms with Gasteiger partial charge < -0.3 is 4.42 Å². The summed E-state index contributed by atoms with van der Waals surface area (Å²) in [5.41, 5.74) is 4.22. The molecule has 1 aromatic heterocycles. The molecule has 1 aromatic carbocycles. The lowest BCUT2D eigenvalue weighted by atomic mass is 10.2. The number of furan rings is 1. The lowest BCUT2D eigenvalue weighted by Gasteiger charge is -2.08. The van der Waals surface area contributed by atoms with E-state index in [4.69, 9.17) is 16.0 Å². The van der Waals surface area contributed by atoms with E-state index in [0.717, 1.165) is 6.07 Å². The molecule has 8 nitrogen and oxygen atoms in total. The molecule has 0 spiro atoms. The third kappa shape index (κ3) is 3.67. The van der Waals surface area contributed by atoms with Gasteiger partial charge in [0.1, 0.15) is 11.5 Å². The van der Waals surface area contributed by atoms with Crippen LogP contribution in [0.3, 0.4) is 0 Å². The zero-order chi connectivity index (χ0) is 17.1. The number of benzene rings is 1. The van der Waals surface area contributed by atoms with Crippen molar-refractivity contribution in [1.29, 1.82) is 0 Å². The number of hydrogen-bond acceptors (Lipinski definition) is 5. The Labute approximate surface area is 135 Å². The lowest BCUT2D eigenvalue weighted by molar-refractivity contribution is -0.384. The first kappa shape index (κ1) is 16.5. The Kier molecular flexibility index (Phi) is 4.65. The molecule has 23 heavy (non-hydrogen) atoms. The summed E-state index contributed by atoms with van der Waals surface area (Å²) in [7, 11) is 0. The number of carbonyl (C=O) groups is 2. The van der Waals surface area contributed by atoms with Crippen molar-refractivity contribution in [1.82, 2.24) is 10.9 Å². The molecule has 0 fully saturated rings. The van der Waals surface area contributed by atoms with E-state index < -0.39 is 16.7 Å². The number of nitro benzene ring substituents is 1. The fraction of sp³-hybridized carbons (Fsp3) is 0.143. The van der Waals surface area contributed by atoms with Gasteiger partial charge in [-0.2, -0.15) is 0 Å². The average molecular weight is 338 g/mol. The highest BCUT2D eigenvalue weighted by molar-refractivity contribution is 6.34. The minimum Gasteiger partial charge on any atom is -0.466 e. The Balaban J connectivity index is 2.11. The summed E-state index contributed by atoms with van der Waals surface area (Å²) in [6.07, 6.45) is 0. The maximum absolute atomic E-state index is 12.0. The third-order valence-electron chi connectivity index (χ3n) is 2.98. The zero-order valence-electron chi connectivity index (χ0n) is 12.2. The Bertz CT molecular complexity index is 800. The second-order valence-corrected chi connectivity index (χ2v) is 5.06. The molecule has 2 amide bonds. The molecular weight excluding hydrogens is 326 g/mol. The largest absolute Gasteiger partial charge is 0.466 e. The predicted molar refractivity (Wildman–Crippen MR) is 81.2 cm³/mol. The number of rotatable bonds is 3. The smallest absolute Gasteiger partial charge is 0.273 e. The van der Waals surface area contributed by atoms with Crippen molar-refractivity contribution >= 4 is 29.1 Å². The van der Waals surface area contributed by atoms with Crippen LogP contribution in [0.5, 0.6) is 0 Å². The lowest BCUT2D eigenvalue weighted by Crippen LogP contribution is -2.41. The number of amides is 2. The quantitative estimate of drug-likeness (QED) is 0.659. The van der Waals surface area contributed by atoms with Crippen LogP contribution in [0.1, 0.15) is 32.2 Å². The van der Waals surface area contributed by atoms with Crippen LogP contribution in [-0.2, 0) is 0 Å². The summed E-state index contributed by atoms with van der Waals surface area (Å²) in [4.78, 5) is 34.0. The van der Waals surface area contributed by atoms with Gasteiger partial charge in [-0.3, -0.25) is 30.6 Å². The number of nitrogens with one attached hydrogen (secondary N) is 2. The fourth-order valence-electron chi connectivity index (χ4n) is 1.91. The summed E-state index contributed by atoms with van der Waals surface area (Å²) < 4.78 is 5.22. The topological polar surface area (TPSA) is 114 Å². The van der Waals surface area contributed by atoms with E-state index in [2.05, 4.69) is 10.9 Å². The molecule has 0 saturated carbocycles. The van der Waals surface area contributed by atoms with Gasteiger partial charge in [-0.15, -0.1) is 0 Å². The second-order valence-electron chi connectivity index (χ2n) is 4.66. The van der Waals surface area contributed by atoms with Gasteiger partial charge in [0.25, 0.3) is 17.5 Å². The zero-order valence-corrected chi connectivity index (χ0v) is 12.9. The van der Waals surface area contributed by atoms with Gasteiger partial charge in [-0.1, -0.05) is 11.6 Å². The van der Waals surface area contributed by atoms with Crippen molar-refractivity contribution in [2.24, 2.45) is 0 Å². The molecule has 0 aliphatic carbocycles. The number of hydrogen-bond donors (Lipinski definition) is 2. The van der Waals surface area contributed by atoms with E-state index in [1.165, 1.54) is 18.2 Å². The molecule has 0 unspecified atom stereocenters. The molecule has 120 valence electrons. The third-order valence-corrected chi connectivity index (χ3v) is 3.31. The Hall–Kier alpha value is -2.87. The summed E-state index contributed by atoms with van der Waals surface area (Å²) >= 11 is 5.85. The van der Waals surface area contributed by atoms with Gasteiger partial charge in [-0.25, -0.2) is 0 Å². The Morgan fingerprint density at radius 3 is 2.26 bits per heavy atom. The maximum atomic E-state index is 12.0. The summed E-state index contributed by atoms with van der Waals surface area (Å²) in [6.45, 7) is 3.30. The highest BCUT2D eigenvalue weighted by Gasteiger charge is 2.18. The van der Waals surface area contributed by atoms with E-state index in [9.17, 15) is 19.7 Å². The van der Waals surface area contributed by atoms with Crippen molar-refractivity contribution in [2.45, 2.75) is 13.8 Å². The van der Waals surface area contributed by atoms with Crippen LogP contribution in [0, 0.1) is 24.0 Å². The van der Waals surface area contributed by atoms with E-state index in [-0.39, 0.29) is 21.8 Å². The first-order valence-corrected chi connectivity index (χ1v) is 6.79. The first-order valence-electron chi connectivity index (χ1n) is 6.41. The molecule has 0 radical (unpaired) electrons. The number of halogens is 1. The van der Waals surface area contributed by atoms with Crippen LogP contribution < -0.4 is 10.9 Å². The number of nitrogens with zero attached hydrogens (tertiary/aromatic N) is 1. The van der Waals surface area contributed by atoms with Crippen molar-refractivity contribution in [2.75, 3.05) is 0 Å². The molecule has 0 aliphatic heterocycles. The highest BCUT2D eigenvalue weighted by Crippen LogP contribution is 2.21. The summed E-state index contributed by atoms with van der Waals surface area (Å²) in [5, 5.41) is 10.8. The molecule has 0 aliphatic rings. The van der Waals surface area contributed by atoms with Crippen LogP contribution in [0.15, 0.2) is 28.7 Å². The maximum Gasteiger partial charge on any atom is 0.273 e. The number of carbonyl (C=O) groups excluding carboxylic acids is 2. The van der Waals surface area contributed by atoms with Crippen LogP contribution in [0.25, 0.3) is 0 Å². The van der Waals surface area contributed by atoms with E-state index in [1.807, 2.05) is 0 Å². The van der Waals surface area contributed by atoms with Gasteiger partial charge in [-0.05, 0) is 26.0 Å². The van der Waals surface area contributed by atoms with Gasteiger partial charge in [0.05, 0.1) is 21.1 Å². The van der Waals surface area contributed by atoms with Crippen molar-refractivity contribution in [3.8, 4) is 0 Å². The fourth-order valence-corrected chi connectivity index (χ4v) is 2.11. The monoisotopic (exact) mass is 337 g/mol. The van der Waals surface area contributed by atoms with Crippen molar-refractivity contribution in [3.63, 3.8) is 0 Å². The number of aryl methyl sites for hydroxylation is 2. The molecule has 0 atom stereocenters. The molecule has 9 heteroatoms.